The fourth-order valence-corrected chi connectivity index (χ4v) is 3.15. The zero-order valence-electron chi connectivity index (χ0n) is 13.3. The first kappa shape index (κ1) is 16.9. The molecule has 0 saturated carbocycles. The minimum atomic E-state index is -1.25. The highest BCUT2D eigenvalue weighted by molar-refractivity contribution is 7.14. The lowest BCUT2D eigenvalue weighted by Gasteiger charge is -2.19. The molecule has 0 radical (unpaired) electrons. The molecule has 0 bridgehead atoms. The van der Waals surface area contributed by atoms with Gasteiger partial charge in [-0.2, -0.15) is 0 Å². The van der Waals surface area contributed by atoms with E-state index in [4.69, 9.17) is 4.42 Å². The van der Waals surface area contributed by atoms with Crippen molar-refractivity contribution < 1.29 is 19.1 Å². The van der Waals surface area contributed by atoms with Gasteiger partial charge in [0.1, 0.15) is 5.76 Å². The number of carbonyl (C=O) groups excluding carboxylic acids is 2. The van der Waals surface area contributed by atoms with E-state index in [-0.39, 0.29) is 25.3 Å². The first-order valence-corrected chi connectivity index (χ1v) is 8.55. The molecule has 7 heteroatoms. The highest BCUT2D eigenvalue weighted by Gasteiger charge is 2.20. The molecule has 128 valence electrons. The molecule has 25 heavy (non-hydrogen) atoms. The van der Waals surface area contributed by atoms with Gasteiger partial charge in [-0.1, -0.05) is 30.3 Å². The molecule has 0 N–H and O–H groups in total. The number of aliphatic carboxylic acids is 1. The van der Waals surface area contributed by atoms with E-state index in [0.29, 0.717) is 10.9 Å². The summed E-state index contributed by atoms with van der Waals surface area (Å²) in [6.07, 6.45) is 1.05. The summed E-state index contributed by atoms with van der Waals surface area (Å²) in [6.45, 7) is 0.195. The standard InChI is InChI=1S/C18H16N2O4S/c21-16(8-9-17(22)23)20(11-14-7-4-10-24-14)18-19-15(12-25-18)13-5-2-1-3-6-13/h1-7,10,12H,8-9,11H2,(H,22,23)/p-1. The third-order valence-corrected chi connectivity index (χ3v) is 4.39. The molecule has 1 amide bonds. The third kappa shape index (κ3) is 4.33. The highest BCUT2D eigenvalue weighted by atomic mass is 32.1. The number of nitrogens with zero attached hydrogens (tertiary/aromatic N) is 2. The number of carboxylic acids is 1. The molecule has 0 aliphatic rings. The van der Waals surface area contributed by atoms with Gasteiger partial charge in [-0.3, -0.25) is 9.69 Å². The van der Waals surface area contributed by atoms with E-state index < -0.39 is 5.97 Å². The minimum Gasteiger partial charge on any atom is -0.550 e. The van der Waals surface area contributed by atoms with Crippen molar-refractivity contribution in [2.24, 2.45) is 0 Å². The molecule has 1 aromatic carbocycles. The second-order valence-corrected chi connectivity index (χ2v) is 6.15. The van der Waals surface area contributed by atoms with Crippen LogP contribution in [0.3, 0.4) is 0 Å². The Morgan fingerprint density at radius 1 is 1.12 bits per heavy atom. The first-order valence-electron chi connectivity index (χ1n) is 7.67. The summed E-state index contributed by atoms with van der Waals surface area (Å²) in [6, 6.07) is 13.1. The Balaban J connectivity index is 1.84. The van der Waals surface area contributed by atoms with Crippen LogP contribution in [0.5, 0.6) is 0 Å². The number of thiazole rings is 1. The first-order chi connectivity index (χ1) is 12.1. The van der Waals surface area contributed by atoms with Gasteiger partial charge >= 0.3 is 0 Å². The summed E-state index contributed by atoms with van der Waals surface area (Å²) >= 11 is 1.33. The van der Waals surface area contributed by atoms with E-state index in [1.165, 1.54) is 22.5 Å². The monoisotopic (exact) mass is 355 g/mol. The second-order valence-electron chi connectivity index (χ2n) is 5.31. The van der Waals surface area contributed by atoms with Gasteiger partial charge in [0, 0.05) is 23.3 Å². The molecule has 0 saturated heterocycles. The van der Waals surface area contributed by atoms with Crippen molar-refractivity contribution in [3.8, 4) is 11.3 Å². The molecule has 0 fully saturated rings. The van der Waals surface area contributed by atoms with Crippen LogP contribution in [-0.4, -0.2) is 16.9 Å². The van der Waals surface area contributed by atoms with Crippen molar-refractivity contribution in [3.05, 3.63) is 59.9 Å². The highest BCUT2D eigenvalue weighted by Crippen LogP contribution is 2.29. The number of benzene rings is 1. The van der Waals surface area contributed by atoms with Crippen LogP contribution in [0.25, 0.3) is 11.3 Å². The van der Waals surface area contributed by atoms with Gasteiger partial charge in [-0.15, -0.1) is 11.3 Å². The summed E-state index contributed by atoms with van der Waals surface area (Å²) in [5.41, 5.74) is 1.71. The molecule has 2 aromatic heterocycles. The smallest absolute Gasteiger partial charge is 0.229 e. The van der Waals surface area contributed by atoms with Crippen LogP contribution in [-0.2, 0) is 16.1 Å². The predicted molar refractivity (Wildman–Crippen MR) is 91.7 cm³/mol. The Kier molecular flexibility index (Phi) is 5.25. The van der Waals surface area contributed by atoms with Crippen LogP contribution in [0, 0.1) is 0 Å². The Morgan fingerprint density at radius 3 is 2.60 bits per heavy atom. The van der Waals surface area contributed by atoms with Crippen LogP contribution < -0.4 is 10.0 Å². The average Bonchev–Trinajstić information content (AvgIpc) is 3.30. The van der Waals surface area contributed by atoms with E-state index in [1.807, 2.05) is 35.7 Å². The lowest BCUT2D eigenvalue weighted by Crippen LogP contribution is -2.32. The number of amides is 1. The van der Waals surface area contributed by atoms with E-state index in [0.717, 1.165) is 11.3 Å². The van der Waals surface area contributed by atoms with Crippen molar-refractivity contribution in [1.29, 1.82) is 0 Å². The van der Waals surface area contributed by atoms with E-state index in [9.17, 15) is 14.7 Å². The molecule has 0 atom stereocenters. The van der Waals surface area contributed by atoms with Gasteiger partial charge in [-0.05, 0) is 18.6 Å². The molecule has 6 nitrogen and oxygen atoms in total. The summed E-state index contributed by atoms with van der Waals surface area (Å²) < 4.78 is 5.31. The quantitative estimate of drug-likeness (QED) is 0.650. The summed E-state index contributed by atoms with van der Waals surface area (Å²) in [7, 11) is 0. The third-order valence-electron chi connectivity index (χ3n) is 3.53. The normalized spacial score (nSPS) is 10.6. The molecule has 0 aliphatic carbocycles. The van der Waals surface area contributed by atoms with Crippen LogP contribution in [0.2, 0.25) is 0 Å². The number of furan rings is 1. The molecular formula is C18H15N2O4S-. The van der Waals surface area contributed by atoms with Gasteiger partial charge in [0.2, 0.25) is 5.91 Å². The van der Waals surface area contributed by atoms with Crippen molar-refractivity contribution in [2.45, 2.75) is 19.4 Å². The number of hydrogen-bond acceptors (Lipinski definition) is 6. The molecular weight excluding hydrogens is 340 g/mol. The summed E-state index contributed by atoms with van der Waals surface area (Å²) in [5.74, 6) is -0.997. The Bertz CT molecular complexity index is 843. The maximum Gasteiger partial charge on any atom is 0.229 e. The Morgan fingerprint density at radius 2 is 1.92 bits per heavy atom. The second kappa shape index (κ2) is 7.76. The average molecular weight is 355 g/mol. The van der Waals surface area contributed by atoms with Gasteiger partial charge in [0.05, 0.1) is 18.5 Å². The Labute approximate surface area is 148 Å². The number of hydrogen-bond donors (Lipinski definition) is 0. The van der Waals surface area contributed by atoms with E-state index in [1.54, 1.807) is 12.1 Å². The Hall–Kier alpha value is -2.93. The number of anilines is 1. The lowest BCUT2D eigenvalue weighted by molar-refractivity contribution is -0.305. The van der Waals surface area contributed by atoms with Crippen molar-refractivity contribution in [3.63, 3.8) is 0 Å². The lowest BCUT2D eigenvalue weighted by atomic mass is 10.2. The molecule has 3 rings (SSSR count). The van der Waals surface area contributed by atoms with E-state index in [2.05, 4.69) is 4.98 Å². The van der Waals surface area contributed by atoms with Crippen LogP contribution in [0.4, 0.5) is 5.13 Å². The molecule has 0 spiro atoms. The summed E-state index contributed by atoms with van der Waals surface area (Å²) in [5, 5.41) is 13.0. The van der Waals surface area contributed by atoms with Gasteiger partial charge in [0.15, 0.2) is 5.13 Å². The number of aromatic nitrogens is 1. The van der Waals surface area contributed by atoms with Crippen LogP contribution >= 0.6 is 11.3 Å². The van der Waals surface area contributed by atoms with Crippen molar-refractivity contribution >= 4 is 28.3 Å². The maximum absolute atomic E-state index is 12.5. The molecule has 0 aliphatic heterocycles. The zero-order chi connectivity index (χ0) is 17.6. The number of carboxylic acid groups (broad SMARTS) is 1. The SMILES string of the molecule is O=C([O-])CCC(=O)N(Cc1ccco1)c1nc(-c2ccccc2)cs1. The van der Waals surface area contributed by atoms with Crippen LogP contribution in [0.1, 0.15) is 18.6 Å². The molecule has 3 aromatic rings. The van der Waals surface area contributed by atoms with E-state index >= 15 is 0 Å². The zero-order valence-corrected chi connectivity index (χ0v) is 14.1. The topological polar surface area (TPSA) is 86.5 Å². The van der Waals surface area contributed by atoms with Crippen LogP contribution in [0.15, 0.2) is 58.5 Å². The van der Waals surface area contributed by atoms with Gasteiger partial charge in [0.25, 0.3) is 0 Å². The van der Waals surface area contributed by atoms with Gasteiger partial charge in [-0.25, -0.2) is 4.98 Å². The van der Waals surface area contributed by atoms with Crippen molar-refractivity contribution in [1.82, 2.24) is 4.98 Å². The van der Waals surface area contributed by atoms with Crippen molar-refractivity contribution in [2.75, 3.05) is 4.90 Å². The largest absolute Gasteiger partial charge is 0.550 e. The maximum atomic E-state index is 12.5. The molecule has 2 heterocycles. The fraction of sp³-hybridized carbons (Fsp3) is 0.167. The van der Waals surface area contributed by atoms with Gasteiger partial charge < -0.3 is 14.3 Å². The number of rotatable bonds is 7. The summed E-state index contributed by atoms with van der Waals surface area (Å²) in [4.78, 5) is 29.1. The number of carbonyl (C=O) groups is 2. The minimum absolute atomic E-state index is 0.150. The predicted octanol–water partition coefficient (Wildman–Crippen LogP) is 2.47. The molecule has 0 unspecified atom stereocenters. The fourth-order valence-electron chi connectivity index (χ4n) is 2.29.